The summed E-state index contributed by atoms with van der Waals surface area (Å²) in [5.74, 6) is 0.819. The van der Waals surface area contributed by atoms with Crippen molar-refractivity contribution in [2.75, 3.05) is 20.8 Å². The minimum atomic E-state index is -0.778. The third-order valence-corrected chi connectivity index (χ3v) is 3.15. The molecule has 0 radical (unpaired) electrons. The van der Waals surface area contributed by atoms with Crippen molar-refractivity contribution in [3.8, 4) is 0 Å². The first kappa shape index (κ1) is 14.0. The molecule has 0 unspecified atom stereocenters. The predicted molar refractivity (Wildman–Crippen MR) is 69.1 cm³/mol. The Kier molecular flexibility index (Phi) is 4.20. The molecule has 0 spiro atoms. The topological polar surface area (TPSA) is 89.5 Å². The number of nitrogens with two attached hydrogens (primary N) is 1. The van der Waals surface area contributed by atoms with Gasteiger partial charge in [-0.25, -0.2) is 4.99 Å². The smallest absolute Gasteiger partial charge is 0.164 e. The Hall–Kier alpha value is -1.41. The molecule has 106 valence electrons. The van der Waals surface area contributed by atoms with Gasteiger partial charge in [-0.05, 0) is 6.08 Å². The fourth-order valence-electron chi connectivity index (χ4n) is 2.22. The summed E-state index contributed by atoms with van der Waals surface area (Å²) >= 11 is 0. The monoisotopic (exact) mass is 269 g/mol. The van der Waals surface area contributed by atoms with E-state index in [-0.39, 0.29) is 6.61 Å². The minimum Gasteiger partial charge on any atom is -0.387 e. The largest absolute Gasteiger partial charge is 0.387 e. The standard InChI is InChI=1S/C12H19N3O4/c1-7-14-9(13)4-5-15(7)12-11(18-3)10(16)8(19-12)6-17-2/h4-5,8,10-12,16H,1,6H2,2-3H3,(H2,13,14)/t8-,10-,11-,12-/m1/s1. The van der Waals surface area contributed by atoms with Gasteiger partial charge in [0.1, 0.15) is 30.0 Å². The Bertz CT molecular complexity index is 410. The van der Waals surface area contributed by atoms with Crippen LogP contribution in [0, 0.1) is 0 Å². The van der Waals surface area contributed by atoms with E-state index in [1.165, 1.54) is 7.11 Å². The van der Waals surface area contributed by atoms with Crippen molar-refractivity contribution in [2.45, 2.75) is 24.5 Å². The Morgan fingerprint density at radius 1 is 1.58 bits per heavy atom. The summed E-state index contributed by atoms with van der Waals surface area (Å²) in [5.41, 5.74) is 5.59. The number of aliphatic hydroxyl groups is 1. The van der Waals surface area contributed by atoms with Crippen LogP contribution in [-0.2, 0) is 14.2 Å². The van der Waals surface area contributed by atoms with E-state index in [1.54, 1.807) is 24.3 Å². The van der Waals surface area contributed by atoms with Crippen molar-refractivity contribution in [2.24, 2.45) is 10.7 Å². The lowest BCUT2D eigenvalue weighted by atomic mass is 10.1. The van der Waals surface area contributed by atoms with Crippen LogP contribution in [0.3, 0.4) is 0 Å². The number of methoxy groups -OCH3 is 2. The second-order valence-corrected chi connectivity index (χ2v) is 4.39. The molecule has 2 heterocycles. The van der Waals surface area contributed by atoms with Crippen LogP contribution < -0.4 is 5.73 Å². The van der Waals surface area contributed by atoms with Crippen LogP contribution in [0.2, 0.25) is 0 Å². The highest BCUT2D eigenvalue weighted by molar-refractivity contribution is 5.92. The molecule has 0 bridgehead atoms. The van der Waals surface area contributed by atoms with Crippen LogP contribution in [0.5, 0.6) is 0 Å². The molecule has 3 N–H and O–H groups in total. The number of rotatable bonds is 4. The lowest BCUT2D eigenvalue weighted by Crippen LogP contribution is -2.43. The van der Waals surface area contributed by atoms with E-state index >= 15 is 0 Å². The quantitative estimate of drug-likeness (QED) is 0.708. The van der Waals surface area contributed by atoms with E-state index in [0.29, 0.717) is 11.7 Å². The summed E-state index contributed by atoms with van der Waals surface area (Å²) in [4.78, 5) is 5.75. The van der Waals surface area contributed by atoms with Crippen LogP contribution in [0.25, 0.3) is 0 Å². The van der Waals surface area contributed by atoms with Crippen LogP contribution in [0.1, 0.15) is 0 Å². The molecule has 0 aromatic carbocycles. The first-order valence-corrected chi connectivity index (χ1v) is 5.93. The number of aliphatic imine (C=N–C) groups is 1. The zero-order chi connectivity index (χ0) is 14.0. The molecule has 1 fully saturated rings. The summed E-state index contributed by atoms with van der Waals surface area (Å²) in [6.07, 6.45) is 1.09. The van der Waals surface area contributed by atoms with Gasteiger partial charge in [0.25, 0.3) is 0 Å². The molecule has 0 aromatic heterocycles. The highest BCUT2D eigenvalue weighted by Gasteiger charge is 2.47. The van der Waals surface area contributed by atoms with Crippen LogP contribution >= 0.6 is 0 Å². The molecular weight excluding hydrogens is 250 g/mol. The van der Waals surface area contributed by atoms with Gasteiger partial charge in [-0.3, -0.25) is 0 Å². The second-order valence-electron chi connectivity index (χ2n) is 4.39. The van der Waals surface area contributed by atoms with Crippen molar-refractivity contribution in [3.05, 3.63) is 24.7 Å². The first-order valence-electron chi connectivity index (χ1n) is 5.93. The normalized spacial score (nSPS) is 34.8. The van der Waals surface area contributed by atoms with Gasteiger partial charge in [0.05, 0.1) is 6.61 Å². The highest BCUT2D eigenvalue weighted by Crippen LogP contribution is 2.29. The molecule has 19 heavy (non-hydrogen) atoms. The van der Waals surface area contributed by atoms with Crippen molar-refractivity contribution < 1.29 is 19.3 Å². The fraction of sp³-hybridized carbons (Fsp3) is 0.583. The number of ether oxygens (including phenoxy) is 3. The molecule has 1 saturated heterocycles. The lowest BCUT2D eigenvalue weighted by molar-refractivity contribution is -0.0803. The molecule has 2 aliphatic rings. The maximum Gasteiger partial charge on any atom is 0.164 e. The van der Waals surface area contributed by atoms with Gasteiger partial charge in [0.15, 0.2) is 6.23 Å². The number of amidine groups is 1. The summed E-state index contributed by atoms with van der Waals surface area (Å²) in [5, 5.41) is 10.1. The van der Waals surface area contributed by atoms with Crippen molar-refractivity contribution in [1.82, 2.24) is 4.90 Å². The Morgan fingerprint density at radius 2 is 2.32 bits per heavy atom. The summed E-state index contributed by atoms with van der Waals surface area (Å²) in [6.45, 7) is 4.10. The number of aliphatic hydroxyl groups excluding tert-OH is 1. The van der Waals surface area contributed by atoms with Gasteiger partial charge in [-0.2, -0.15) is 0 Å². The van der Waals surface area contributed by atoms with Gasteiger partial charge >= 0.3 is 0 Å². The molecule has 4 atom stereocenters. The summed E-state index contributed by atoms with van der Waals surface area (Å²) < 4.78 is 16.1. The molecule has 0 aliphatic carbocycles. The third kappa shape index (κ3) is 2.64. The van der Waals surface area contributed by atoms with Gasteiger partial charge in [0, 0.05) is 20.4 Å². The van der Waals surface area contributed by atoms with E-state index in [0.717, 1.165) is 0 Å². The van der Waals surface area contributed by atoms with Gasteiger partial charge in [-0.15, -0.1) is 0 Å². The molecule has 0 saturated carbocycles. The minimum absolute atomic E-state index is 0.285. The molecular formula is C12H19N3O4. The van der Waals surface area contributed by atoms with E-state index in [9.17, 15) is 5.11 Å². The Morgan fingerprint density at radius 3 is 2.89 bits per heavy atom. The predicted octanol–water partition coefficient (Wildman–Crippen LogP) is -0.609. The van der Waals surface area contributed by atoms with Crippen molar-refractivity contribution in [3.63, 3.8) is 0 Å². The molecule has 7 heteroatoms. The first-order chi connectivity index (χ1) is 9.08. The Labute approximate surface area is 111 Å². The van der Waals surface area contributed by atoms with Crippen LogP contribution in [0.15, 0.2) is 29.7 Å². The zero-order valence-electron chi connectivity index (χ0n) is 11.0. The summed E-state index contributed by atoms with van der Waals surface area (Å²) in [7, 11) is 3.07. The van der Waals surface area contributed by atoms with E-state index in [4.69, 9.17) is 19.9 Å². The van der Waals surface area contributed by atoms with Crippen LogP contribution in [0.4, 0.5) is 0 Å². The summed E-state index contributed by atoms with van der Waals surface area (Å²) in [6, 6.07) is 0. The van der Waals surface area contributed by atoms with Gasteiger partial charge in [-0.1, -0.05) is 6.58 Å². The highest BCUT2D eigenvalue weighted by atomic mass is 16.6. The molecule has 7 nitrogen and oxygen atoms in total. The molecule has 0 amide bonds. The van der Waals surface area contributed by atoms with Crippen molar-refractivity contribution >= 4 is 5.84 Å². The lowest BCUT2D eigenvalue weighted by Gasteiger charge is -2.31. The Balaban J connectivity index is 2.15. The molecule has 2 aliphatic heterocycles. The average Bonchev–Trinajstić information content (AvgIpc) is 2.67. The number of hydrogen-bond acceptors (Lipinski definition) is 7. The number of hydrogen-bond donors (Lipinski definition) is 2. The SMILES string of the molecule is C=C1N=C(N)C=CN1[C@@H]1O[C@H](COC)[C@@H](O)[C@H]1OC. The zero-order valence-corrected chi connectivity index (χ0v) is 11.0. The molecule has 2 rings (SSSR count). The fourth-order valence-corrected chi connectivity index (χ4v) is 2.22. The molecule has 0 aromatic rings. The number of nitrogens with zero attached hydrogens (tertiary/aromatic N) is 2. The maximum atomic E-state index is 10.1. The van der Waals surface area contributed by atoms with E-state index in [1.807, 2.05) is 0 Å². The van der Waals surface area contributed by atoms with Crippen molar-refractivity contribution in [1.29, 1.82) is 0 Å². The van der Waals surface area contributed by atoms with Gasteiger partial charge in [0.2, 0.25) is 0 Å². The average molecular weight is 269 g/mol. The van der Waals surface area contributed by atoms with Crippen LogP contribution in [-0.4, -0.2) is 61.2 Å². The second kappa shape index (κ2) is 5.70. The van der Waals surface area contributed by atoms with E-state index in [2.05, 4.69) is 11.6 Å². The van der Waals surface area contributed by atoms with E-state index < -0.39 is 24.5 Å². The van der Waals surface area contributed by atoms with Gasteiger partial charge < -0.3 is 30.0 Å². The third-order valence-electron chi connectivity index (χ3n) is 3.15. The maximum absolute atomic E-state index is 10.1.